The SMILES string of the molecule is CNC(=O)CNc1ccc(N)c(OC)n1. The Morgan fingerprint density at radius 3 is 2.93 bits per heavy atom. The fourth-order valence-electron chi connectivity index (χ4n) is 0.972. The standard InChI is InChI=1S/C9H14N4O2/c1-11-8(14)5-12-7-4-3-6(10)9(13-7)15-2/h3-4H,5,10H2,1-2H3,(H,11,14)(H,12,13). The molecule has 15 heavy (non-hydrogen) atoms. The summed E-state index contributed by atoms with van der Waals surface area (Å²) in [4.78, 5) is 15.0. The molecule has 0 spiro atoms. The van der Waals surface area contributed by atoms with E-state index in [1.807, 2.05) is 0 Å². The first-order valence-electron chi connectivity index (χ1n) is 4.42. The van der Waals surface area contributed by atoms with Crippen molar-refractivity contribution in [2.24, 2.45) is 0 Å². The summed E-state index contributed by atoms with van der Waals surface area (Å²) in [5, 5.41) is 5.33. The molecule has 1 aromatic rings. The monoisotopic (exact) mass is 210 g/mol. The number of likely N-dealkylation sites (N-methyl/N-ethyl adjacent to an activating group) is 1. The Kier molecular flexibility index (Phi) is 3.73. The number of nitrogens with two attached hydrogens (primary N) is 1. The van der Waals surface area contributed by atoms with E-state index in [0.717, 1.165) is 0 Å². The van der Waals surface area contributed by atoms with Crippen molar-refractivity contribution in [3.05, 3.63) is 12.1 Å². The van der Waals surface area contributed by atoms with Crippen LogP contribution >= 0.6 is 0 Å². The summed E-state index contributed by atoms with van der Waals surface area (Å²) in [5.74, 6) is 0.772. The smallest absolute Gasteiger partial charge is 0.239 e. The third kappa shape index (κ3) is 3.01. The summed E-state index contributed by atoms with van der Waals surface area (Å²) < 4.78 is 4.94. The molecule has 0 saturated carbocycles. The molecule has 0 aliphatic carbocycles. The molecule has 4 N–H and O–H groups in total. The van der Waals surface area contributed by atoms with Crippen LogP contribution in [0.1, 0.15) is 0 Å². The summed E-state index contributed by atoms with van der Waals surface area (Å²) in [6.07, 6.45) is 0. The topological polar surface area (TPSA) is 89.3 Å². The molecule has 0 saturated heterocycles. The van der Waals surface area contributed by atoms with Gasteiger partial charge in [0.2, 0.25) is 11.8 Å². The minimum absolute atomic E-state index is 0.118. The molecule has 1 heterocycles. The van der Waals surface area contributed by atoms with E-state index in [9.17, 15) is 4.79 Å². The van der Waals surface area contributed by atoms with E-state index >= 15 is 0 Å². The van der Waals surface area contributed by atoms with Gasteiger partial charge < -0.3 is 21.1 Å². The summed E-state index contributed by atoms with van der Waals surface area (Å²) in [5.41, 5.74) is 6.05. The maximum absolute atomic E-state index is 10.9. The molecule has 82 valence electrons. The van der Waals surface area contributed by atoms with E-state index in [4.69, 9.17) is 10.5 Å². The number of rotatable bonds is 4. The highest BCUT2D eigenvalue weighted by Gasteiger charge is 2.03. The van der Waals surface area contributed by atoms with Crippen LogP contribution in [0.2, 0.25) is 0 Å². The van der Waals surface area contributed by atoms with Crippen molar-refractivity contribution in [2.75, 3.05) is 31.8 Å². The van der Waals surface area contributed by atoms with Crippen LogP contribution in [0.15, 0.2) is 12.1 Å². The van der Waals surface area contributed by atoms with E-state index in [0.29, 0.717) is 17.4 Å². The van der Waals surface area contributed by atoms with Crippen molar-refractivity contribution in [2.45, 2.75) is 0 Å². The first-order chi connectivity index (χ1) is 7.17. The van der Waals surface area contributed by atoms with Crippen molar-refractivity contribution in [1.29, 1.82) is 0 Å². The van der Waals surface area contributed by atoms with Crippen LogP contribution in [-0.2, 0) is 4.79 Å². The Balaban J connectivity index is 2.66. The summed E-state index contributed by atoms with van der Waals surface area (Å²) in [6, 6.07) is 3.35. The van der Waals surface area contributed by atoms with Crippen LogP contribution < -0.4 is 21.1 Å². The van der Waals surface area contributed by atoms with Gasteiger partial charge in [-0.05, 0) is 12.1 Å². The molecule has 0 radical (unpaired) electrons. The molecule has 6 nitrogen and oxygen atoms in total. The largest absolute Gasteiger partial charge is 0.479 e. The van der Waals surface area contributed by atoms with Crippen molar-refractivity contribution in [3.63, 3.8) is 0 Å². The van der Waals surface area contributed by atoms with Gasteiger partial charge in [0.1, 0.15) is 5.82 Å². The maximum atomic E-state index is 10.9. The fourth-order valence-corrected chi connectivity index (χ4v) is 0.972. The summed E-state index contributed by atoms with van der Waals surface area (Å²) in [6.45, 7) is 0.163. The fraction of sp³-hybridized carbons (Fsp3) is 0.333. The number of carbonyl (C=O) groups is 1. The average molecular weight is 210 g/mol. The minimum Gasteiger partial charge on any atom is -0.479 e. The average Bonchev–Trinajstić information content (AvgIpc) is 2.27. The highest BCUT2D eigenvalue weighted by atomic mass is 16.5. The number of anilines is 2. The van der Waals surface area contributed by atoms with Crippen molar-refractivity contribution in [3.8, 4) is 5.88 Å². The molecule has 6 heteroatoms. The number of aromatic nitrogens is 1. The molecule has 0 atom stereocenters. The van der Waals surface area contributed by atoms with Crippen molar-refractivity contribution in [1.82, 2.24) is 10.3 Å². The quantitative estimate of drug-likeness (QED) is 0.642. The van der Waals surface area contributed by atoms with Crippen molar-refractivity contribution < 1.29 is 9.53 Å². The Bertz CT molecular complexity index is 354. The molecule has 0 aromatic carbocycles. The molecular weight excluding hydrogens is 196 g/mol. The predicted molar refractivity (Wildman–Crippen MR) is 57.8 cm³/mol. The third-order valence-electron chi connectivity index (χ3n) is 1.79. The van der Waals surface area contributed by atoms with Crippen molar-refractivity contribution >= 4 is 17.4 Å². The van der Waals surface area contributed by atoms with Gasteiger partial charge in [0.25, 0.3) is 0 Å². The zero-order chi connectivity index (χ0) is 11.3. The zero-order valence-corrected chi connectivity index (χ0v) is 8.70. The Hall–Kier alpha value is -1.98. The summed E-state index contributed by atoms with van der Waals surface area (Å²) >= 11 is 0. The van der Waals surface area contributed by atoms with Gasteiger partial charge in [0.05, 0.1) is 19.3 Å². The lowest BCUT2D eigenvalue weighted by atomic mass is 10.4. The third-order valence-corrected chi connectivity index (χ3v) is 1.79. The molecule has 0 aliphatic rings. The van der Waals surface area contributed by atoms with Gasteiger partial charge in [-0.15, -0.1) is 0 Å². The van der Waals surface area contributed by atoms with E-state index < -0.39 is 0 Å². The Morgan fingerprint density at radius 1 is 1.60 bits per heavy atom. The van der Waals surface area contributed by atoms with Gasteiger partial charge in [0, 0.05) is 7.05 Å². The van der Waals surface area contributed by atoms with Gasteiger partial charge in [-0.25, -0.2) is 0 Å². The molecule has 1 amide bonds. The molecule has 1 aromatic heterocycles. The molecule has 0 fully saturated rings. The molecule has 1 rings (SSSR count). The number of hydrogen-bond acceptors (Lipinski definition) is 5. The van der Waals surface area contributed by atoms with Crippen LogP contribution in [-0.4, -0.2) is 31.6 Å². The van der Waals surface area contributed by atoms with E-state index in [-0.39, 0.29) is 12.5 Å². The lowest BCUT2D eigenvalue weighted by Crippen LogP contribution is -2.26. The normalized spacial score (nSPS) is 9.47. The van der Waals surface area contributed by atoms with Gasteiger partial charge in [-0.3, -0.25) is 4.79 Å². The van der Waals surface area contributed by atoms with Crippen LogP contribution in [0.5, 0.6) is 5.88 Å². The number of ether oxygens (including phenoxy) is 1. The second kappa shape index (κ2) is 5.04. The van der Waals surface area contributed by atoms with Gasteiger partial charge in [0.15, 0.2) is 0 Å². The minimum atomic E-state index is -0.118. The first-order valence-corrected chi connectivity index (χ1v) is 4.42. The number of pyridine rings is 1. The summed E-state index contributed by atoms with van der Waals surface area (Å²) in [7, 11) is 3.06. The number of carbonyl (C=O) groups excluding carboxylic acids is 1. The number of methoxy groups -OCH3 is 1. The van der Waals surface area contributed by atoms with E-state index in [2.05, 4.69) is 15.6 Å². The number of nitrogens with zero attached hydrogens (tertiary/aromatic N) is 1. The Labute approximate surface area is 87.8 Å². The molecular formula is C9H14N4O2. The predicted octanol–water partition coefficient (Wildman–Crippen LogP) is -0.170. The number of hydrogen-bond donors (Lipinski definition) is 3. The van der Waals surface area contributed by atoms with Crippen LogP contribution in [0.3, 0.4) is 0 Å². The van der Waals surface area contributed by atoms with Gasteiger partial charge in [-0.1, -0.05) is 0 Å². The second-order valence-electron chi connectivity index (χ2n) is 2.82. The van der Waals surface area contributed by atoms with E-state index in [1.54, 1.807) is 19.2 Å². The molecule has 0 unspecified atom stereocenters. The number of amides is 1. The van der Waals surface area contributed by atoms with Crippen LogP contribution in [0.4, 0.5) is 11.5 Å². The highest BCUT2D eigenvalue weighted by molar-refractivity contribution is 5.80. The zero-order valence-electron chi connectivity index (χ0n) is 8.70. The van der Waals surface area contributed by atoms with E-state index in [1.165, 1.54) is 7.11 Å². The number of nitrogen functional groups attached to an aromatic ring is 1. The lowest BCUT2D eigenvalue weighted by Gasteiger charge is -2.07. The number of nitrogens with one attached hydrogen (secondary N) is 2. The second-order valence-corrected chi connectivity index (χ2v) is 2.82. The first kappa shape index (κ1) is 11.1. The van der Waals surface area contributed by atoms with Gasteiger partial charge >= 0.3 is 0 Å². The Morgan fingerprint density at radius 2 is 2.33 bits per heavy atom. The van der Waals surface area contributed by atoms with Gasteiger partial charge in [-0.2, -0.15) is 4.98 Å². The molecule has 0 aliphatic heterocycles. The maximum Gasteiger partial charge on any atom is 0.239 e. The highest BCUT2D eigenvalue weighted by Crippen LogP contribution is 2.19. The molecule has 0 bridgehead atoms. The van der Waals surface area contributed by atoms with Crippen LogP contribution in [0.25, 0.3) is 0 Å². The van der Waals surface area contributed by atoms with Crippen LogP contribution in [0, 0.1) is 0 Å². The lowest BCUT2D eigenvalue weighted by molar-refractivity contribution is -0.118.